The van der Waals surface area contributed by atoms with E-state index in [1.807, 2.05) is 0 Å². The molecular weight excluding hydrogens is 358 g/mol. The molecule has 2 aromatic rings. The lowest BCUT2D eigenvalue weighted by molar-refractivity contribution is 0.0527. The molecule has 7 nitrogen and oxygen atoms in total. The largest absolute Gasteiger partial charge is 0.458 e. The van der Waals surface area contributed by atoms with Gasteiger partial charge in [0.2, 0.25) is 10.0 Å². The quantitative estimate of drug-likeness (QED) is 0.584. The van der Waals surface area contributed by atoms with Gasteiger partial charge in [0.25, 0.3) is 0 Å². The number of primary sulfonamides is 1. The van der Waals surface area contributed by atoms with Crippen LogP contribution in [0.3, 0.4) is 0 Å². The molecule has 0 unspecified atom stereocenters. The Balaban J connectivity index is 1.74. The summed E-state index contributed by atoms with van der Waals surface area (Å²) in [6.45, 7) is 0.0347. The van der Waals surface area contributed by atoms with Gasteiger partial charge in [-0.3, -0.25) is 0 Å². The number of esters is 2. The van der Waals surface area contributed by atoms with Crippen LogP contribution in [0.4, 0.5) is 0 Å². The lowest BCUT2D eigenvalue weighted by Gasteiger charge is -2.03. The van der Waals surface area contributed by atoms with E-state index in [9.17, 15) is 18.0 Å². The smallest absolute Gasteiger partial charge is 0.338 e. The van der Waals surface area contributed by atoms with Crippen LogP contribution in [-0.4, -0.2) is 33.6 Å². The van der Waals surface area contributed by atoms with Gasteiger partial charge >= 0.3 is 11.9 Å². The lowest BCUT2D eigenvalue weighted by atomic mass is 10.2. The molecule has 2 rings (SSSR count). The van der Waals surface area contributed by atoms with Crippen molar-refractivity contribution in [2.75, 3.05) is 13.2 Å². The Labute approximate surface area is 151 Å². The fourth-order valence-electron chi connectivity index (χ4n) is 1.91. The molecule has 0 saturated heterocycles. The van der Waals surface area contributed by atoms with Crippen molar-refractivity contribution in [1.82, 2.24) is 0 Å². The van der Waals surface area contributed by atoms with Gasteiger partial charge in [0.1, 0.15) is 13.2 Å². The third-order valence-electron chi connectivity index (χ3n) is 3.22. The minimum Gasteiger partial charge on any atom is -0.458 e. The van der Waals surface area contributed by atoms with Gasteiger partial charge in [-0.05, 0) is 48.6 Å². The Morgan fingerprint density at radius 2 is 1.27 bits per heavy atom. The van der Waals surface area contributed by atoms with Crippen LogP contribution in [0.1, 0.15) is 20.7 Å². The summed E-state index contributed by atoms with van der Waals surface area (Å²) in [4.78, 5) is 23.4. The number of hydrogen-bond donors (Lipinski definition) is 1. The van der Waals surface area contributed by atoms with Crippen LogP contribution in [0.2, 0.25) is 0 Å². The summed E-state index contributed by atoms with van der Waals surface area (Å²) in [6.07, 6.45) is 3.09. The molecule has 136 valence electrons. The first-order valence-corrected chi connectivity index (χ1v) is 9.10. The topological polar surface area (TPSA) is 113 Å². The summed E-state index contributed by atoms with van der Waals surface area (Å²) in [7, 11) is -3.80. The number of rotatable bonds is 7. The van der Waals surface area contributed by atoms with Gasteiger partial charge in [-0.2, -0.15) is 0 Å². The second-order valence-electron chi connectivity index (χ2n) is 5.10. The Morgan fingerprint density at radius 1 is 0.808 bits per heavy atom. The van der Waals surface area contributed by atoms with Gasteiger partial charge in [0.15, 0.2) is 0 Å². The van der Waals surface area contributed by atoms with Gasteiger partial charge in [-0.25, -0.2) is 23.1 Å². The predicted octanol–water partition coefficient (Wildman–Crippen LogP) is 1.90. The molecule has 0 aliphatic rings. The van der Waals surface area contributed by atoms with Gasteiger partial charge in [0.05, 0.1) is 16.0 Å². The first-order chi connectivity index (χ1) is 12.4. The number of hydrogen-bond acceptors (Lipinski definition) is 6. The predicted molar refractivity (Wildman–Crippen MR) is 94.0 cm³/mol. The number of carbonyl (C=O) groups is 2. The molecule has 0 aliphatic carbocycles. The highest BCUT2D eigenvalue weighted by Crippen LogP contribution is 2.09. The van der Waals surface area contributed by atoms with Crippen LogP contribution in [0, 0.1) is 0 Å². The second kappa shape index (κ2) is 8.93. The van der Waals surface area contributed by atoms with Crippen LogP contribution < -0.4 is 5.14 Å². The highest BCUT2D eigenvalue weighted by molar-refractivity contribution is 7.89. The molecule has 2 N–H and O–H groups in total. The summed E-state index contributed by atoms with van der Waals surface area (Å²) in [5.41, 5.74) is 0.650. The molecule has 0 fully saturated rings. The number of carbonyl (C=O) groups excluding carboxylic acids is 2. The molecule has 26 heavy (non-hydrogen) atoms. The monoisotopic (exact) mass is 375 g/mol. The van der Waals surface area contributed by atoms with E-state index >= 15 is 0 Å². The number of benzene rings is 2. The fraction of sp³-hybridized carbons (Fsp3) is 0.111. The minimum atomic E-state index is -3.80. The van der Waals surface area contributed by atoms with Crippen LogP contribution in [-0.2, 0) is 19.5 Å². The molecule has 0 spiro atoms. The highest BCUT2D eigenvalue weighted by atomic mass is 32.2. The molecule has 0 atom stereocenters. The maximum Gasteiger partial charge on any atom is 0.338 e. The van der Waals surface area contributed by atoms with E-state index < -0.39 is 22.0 Å². The molecule has 2 aromatic carbocycles. The number of nitrogens with two attached hydrogens (primary N) is 1. The lowest BCUT2D eigenvalue weighted by Crippen LogP contribution is -2.12. The van der Waals surface area contributed by atoms with Crippen LogP contribution in [0.15, 0.2) is 71.6 Å². The van der Waals surface area contributed by atoms with Crippen molar-refractivity contribution in [2.24, 2.45) is 5.14 Å². The summed E-state index contributed by atoms with van der Waals surface area (Å²) in [6, 6.07) is 13.6. The summed E-state index contributed by atoms with van der Waals surface area (Å²) in [5.74, 6) is -1.06. The van der Waals surface area contributed by atoms with Crippen molar-refractivity contribution in [3.05, 3.63) is 77.9 Å². The Kier molecular flexibility index (Phi) is 6.65. The third kappa shape index (κ3) is 5.83. The van der Waals surface area contributed by atoms with E-state index in [2.05, 4.69) is 0 Å². The zero-order valence-electron chi connectivity index (χ0n) is 13.7. The average Bonchev–Trinajstić information content (AvgIpc) is 2.64. The number of sulfonamides is 1. The van der Waals surface area contributed by atoms with Gasteiger partial charge < -0.3 is 9.47 Å². The summed E-state index contributed by atoms with van der Waals surface area (Å²) < 4.78 is 32.3. The third-order valence-corrected chi connectivity index (χ3v) is 4.15. The van der Waals surface area contributed by atoms with Crippen LogP contribution in [0.5, 0.6) is 0 Å². The van der Waals surface area contributed by atoms with Gasteiger partial charge in [0, 0.05) is 0 Å². The summed E-state index contributed by atoms with van der Waals surface area (Å²) in [5, 5.41) is 4.98. The van der Waals surface area contributed by atoms with Crippen molar-refractivity contribution >= 4 is 22.0 Å². The van der Waals surface area contributed by atoms with E-state index in [-0.39, 0.29) is 23.7 Å². The van der Waals surface area contributed by atoms with Crippen molar-refractivity contribution in [1.29, 1.82) is 0 Å². The first kappa shape index (κ1) is 19.4. The molecule has 0 amide bonds. The molecule has 0 bridgehead atoms. The van der Waals surface area contributed by atoms with Crippen LogP contribution >= 0.6 is 0 Å². The normalized spacial score (nSPS) is 11.3. The van der Waals surface area contributed by atoms with Crippen LogP contribution in [0.25, 0.3) is 0 Å². The van der Waals surface area contributed by atoms with E-state index in [0.29, 0.717) is 5.56 Å². The average molecular weight is 375 g/mol. The summed E-state index contributed by atoms with van der Waals surface area (Å²) >= 11 is 0. The highest BCUT2D eigenvalue weighted by Gasteiger charge is 2.10. The Morgan fingerprint density at radius 3 is 1.73 bits per heavy atom. The Bertz CT molecular complexity index is 889. The van der Waals surface area contributed by atoms with Crippen molar-refractivity contribution in [3.63, 3.8) is 0 Å². The van der Waals surface area contributed by atoms with E-state index in [1.165, 1.54) is 30.3 Å². The SMILES string of the molecule is NS(=O)(=O)c1ccc(C(=O)OC/C=C/COC(=O)c2ccccc2)cc1. The van der Waals surface area contributed by atoms with E-state index in [4.69, 9.17) is 14.6 Å². The van der Waals surface area contributed by atoms with Gasteiger partial charge in [-0.1, -0.05) is 18.2 Å². The molecule has 0 aromatic heterocycles. The molecule has 0 radical (unpaired) electrons. The van der Waals surface area contributed by atoms with Gasteiger partial charge in [-0.15, -0.1) is 0 Å². The first-order valence-electron chi connectivity index (χ1n) is 7.55. The van der Waals surface area contributed by atoms with Crippen molar-refractivity contribution in [2.45, 2.75) is 4.90 Å². The van der Waals surface area contributed by atoms with Crippen molar-refractivity contribution < 1.29 is 27.5 Å². The molecular formula is C18H17NO6S. The van der Waals surface area contributed by atoms with E-state index in [1.54, 1.807) is 36.4 Å². The van der Waals surface area contributed by atoms with E-state index in [0.717, 1.165) is 0 Å². The maximum absolute atomic E-state index is 11.8. The molecule has 0 saturated carbocycles. The second-order valence-corrected chi connectivity index (χ2v) is 6.67. The maximum atomic E-state index is 11.8. The molecule has 0 aliphatic heterocycles. The zero-order chi connectivity index (χ0) is 19.0. The standard InChI is InChI=1S/C18H17NO6S/c19-26(22,23)16-10-8-15(9-11-16)18(21)25-13-5-4-12-24-17(20)14-6-2-1-3-7-14/h1-11H,12-13H2,(H2,19,22,23)/b5-4+. The Hall–Kier alpha value is -2.97. The zero-order valence-corrected chi connectivity index (χ0v) is 14.5. The number of ether oxygens (including phenoxy) is 2. The molecule has 0 heterocycles. The fourth-order valence-corrected chi connectivity index (χ4v) is 2.42. The molecule has 8 heteroatoms. The van der Waals surface area contributed by atoms with Crippen molar-refractivity contribution in [3.8, 4) is 0 Å². The minimum absolute atomic E-state index is 0.0152.